The molecule has 28 heavy (non-hydrogen) atoms. The van der Waals surface area contributed by atoms with Crippen molar-refractivity contribution in [1.82, 2.24) is 14.8 Å². The molecule has 1 fully saturated rings. The highest BCUT2D eigenvalue weighted by Gasteiger charge is 2.34. The Kier molecular flexibility index (Phi) is 4.71. The minimum Gasteiger partial charge on any atom is -0.317 e. The molecule has 0 radical (unpaired) electrons. The average Bonchev–Trinajstić information content (AvgIpc) is 3.24. The SMILES string of the molecule is O=C1N/C(=C/c2cccn2-c2ccc(Cl)cc2)C(=O)N1Cc1ccccc1F. The molecule has 1 aromatic heterocycles. The summed E-state index contributed by atoms with van der Waals surface area (Å²) in [5.74, 6) is -0.964. The maximum Gasteiger partial charge on any atom is 0.329 e. The summed E-state index contributed by atoms with van der Waals surface area (Å²) in [4.78, 5) is 25.9. The lowest BCUT2D eigenvalue weighted by molar-refractivity contribution is -0.123. The van der Waals surface area contributed by atoms with Gasteiger partial charge in [0.1, 0.15) is 11.5 Å². The number of nitrogens with zero attached hydrogens (tertiary/aromatic N) is 2. The molecule has 0 unspecified atom stereocenters. The molecule has 1 aliphatic heterocycles. The molecule has 3 amide bonds. The van der Waals surface area contributed by atoms with Crippen LogP contribution in [0.5, 0.6) is 0 Å². The van der Waals surface area contributed by atoms with E-state index in [1.807, 2.05) is 35.0 Å². The first kappa shape index (κ1) is 18.0. The zero-order valence-corrected chi connectivity index (χ0v) is 15.4. The van der Waals surface area contributed by atoms with Crippen LogP contribution < -0.4 is 5.32 Å². The predicted octanol–water partition coefficient (Wildman–Crippen LogP) is 4.36. The fourth-order valence-electron chi connectivity index (χ4n) is 3.01. The third-order valence-corrected chi connectivity index (χ3v) is 4.68. The van der Waals surface area contributed by atoms with Crippen LogP contribution in [-0.2, 0) is 11.3 Å². The fraction of sp³-hybridized carbons (Fsp3) is 0.0476. The summed E-state index contributed by atoms with van der Waals surface area (Å²) >= 11 is 5.93. The van der Waals surface area contributed by atoms with Crippen LogP contribution >= 0.6 is 11.6 Å². The van der Waals surface area contributed by atoms with Gasteiger partial charge in [-0.25, -0.2) is 9.18 Å². The summed E-state index contributed by atoms with van der Waals surface area (Å²) in [6.07, 6.45) is 3.43. The maximum atomic E-state index is 13.9. The molecule has 1 N–H and O–H groups in total. The number of benzene rings is 2. The van der Waals surface area contributed by atoms with Crippen LogP contribution in [0.3, 0.4) is 0 Å². The summed E-state index contributed by atoms with van der Waals surface area (Å²) < 4.78 is 15.7. The first-order valence-corrected chi connectivity index (χ1v) is 8.92. The Labute approximate surface area is 165 Å². The fourth-order valence-corrected chi connectivity index (χ4v) is 3.13. The zero-order chi connectivity index (χ0) is 19.7. The van der Waals surface area contributed by atoms with Crippen molar-refractivity contribution >= 4 is 29.6 Å². The Morgan fingerprint density at radius 3 is 2.50 bits per heavy atom. The average molecular weight is 396 g/mol. The van der Waals surface area contributed by atoms with E-state index < -0.39 is 17.8 Å². The van der Waals surface area contributed by atoms with Crippen molar-refractivity contribution in [2.24, 2.45) is 0 Å². The van der Waals surface area contributed by atoms with Crippen LogP contribution in [0, 0.1) is 5.82 Å². The second-order valence-corrected chi connectivity index (χ2v) is 6.69. The first-order chi connectivity index (χ1) is 13.5. The van der Waals surface area contributed by atoms with Crippen LogP contribution in [0.1, 0.15) is 11.3 Å². The third kappa shape index (κ3) is 3.42. The van der Waals surface area contributed by atoms with Crippen LogP contribution in [0.2, 0.25) is 5.02 Å². The van der Waals surface area contributed by atoms with Gasteiger partial charge in [0.05, 0.1) is 6.54 Å². The molecule has 0 spiro atoms. The smallest absolute Gasteiger partial charge is 0.317 e. The van der Waals surface area contributed by atoms with Crippen molar-refractivity contribution < 1.29 is 14.0 Å². The summed E-state index contributed by atoms with van der Waals surface area (Å²) in [5.41, 5.74) is 1.98. The van der Waals surface area contributed by atoms with Gasteiger partial charge in [0.2, 0.25) is 0 Å². The lowest BCUT2D eigenvalue weighted by Crippen LogP contribution is -2.30. The zero-order valence-electron chi connectivity index (χ0n) is 14.6. The molecule has 2 heterocycles. The molecule has 0 aliphatic carbocycles. The van der Waals surface area contributed by atoms with E-state index in [0.29, 0.717) is 10.7 Å². The van der Waals surface area contributed by atoms with Crippen LogP contribution in [0.25, 0.3) is 11.8 Å². The summed E-state index contributed by atoms with van der Waals surface area (Å²) in [6, 6.07) is 16.4. The van der Waals surface area contributed by atoms with Gasteiger partial charge in [-0.2, -0.15) is 0 Å². The van der Waals surface area contributed by atoms with E-state index in [2.05, 4.69) is 5.32 Å². The molecule has 0 atom stereocenters. The third-order valence-electron chi connectivity index (χ3n) is 4.43. The van der Waals surface area contributed by atoms with Crippen LogP contribution in [0.15, 0.2) is 72.6 Å². The molecular formula is C21H15ClFN3O2. The number of urea groups is 1. The van der Waals surface area contributed by atoms with E-state index in [1.165, 1.54) is 6.07 Å². The van der Waals surface area contributed by atoms with Crippen molar-refractivity contribution in [2.45, 2.75) is 6.54 Å². The van der Waals surface area contributed by atoms with Crippen molar-refractivity contribution in [3.8, 4) is 5.69 Å². The Bertz CT molecular complexity index is 1090. The number of carbonyl (C=O) groups excluding carboxylic acids is 2. The molecule has 7 heteroatoms. The van der Waals surface area contributed by atoms with Gasteiger partial charge in [-0.15, -0.1) is 0 Å². The minimum absolute atomic E-state index is 0.132. The number of nitrogens with one attached hydrogen (secondary N) is 1. The van der Waals surface area contributed by atoms with Gasteiger partial charge in [-0.3, -0.25) is 9.69 Å². The number of aromatic nitrogens is 1. The molecular weight excluding hydrogens is 381 g/mol. The highest BCUT2D eigenvalue weighted by Crippen LogP contribution is 2.21. The standard InChI is InChI=1S/C21H15ClFN3O2/c22-15-7-9-16(10-8-15)25-11-3-5-17(25)12-19-20(27)26(21(28)24-19)13-14-4-1-2-6-18(14)23/h1-12H,13H2,(H,24,28)/b19-12+. The van der Waals surface area contributed by atoms with Crippen LogP contribution in [0.4, 0.5) is 9.18 Å². The highest BCUT2D eigenvalue weighted by molar-refractivity contribution is 6.30. The van der Waals surface area contributed by atoms with Crippen molar-refractivity contribution in [1.29, 1.82) is 0 Å². The Balaban J connectivity index is 1.61. The normalized spacial score (nSPS) is 15.4. The molecule has 1 aliphatic rings. The molecule has 0 saturated carbocycles. The number of hydrogen-bond acceptors (Lipinski definition) is 2. The van der Waals surface area contributed by atoms with Gasteiger partial charge in [0, 0.05) is 28.2 Å². The summed E-state index contributed by atoms with van der Waals surface area (Å²) in [5, 5.41) is 3.18. The quantitative estimate of drug-likeness (QED) is 0.527. The molecule has 2 aromatic carbocycles. The van der Waals surface area contributed by atoms with E-state index in [9.17, 15) is 14.0 Å². The molecule has 4 rings (SSSR count). The second kappa shape index (κ2) is 7.32. The number of hydrogen-bond donors (Lipinski definition) is 1. The number of rotatable bonds is 4. The molecule has 1 saturated heterocycles. The Morgan fingerprint density at radius 1 is 1.00 bits per heavy atom. The van der Waals surface area contributed by atoms with Crippen molar-refractivity contribution in [2.75, 3.05) is 0 Å². The van der Waals surface area contributed by atoms with Crippen molar-refractivity contribution in [3.05, 3.63) is 94.7 Å². The monoisotopic (exact) mass is 395 g/mol. The predicted molar refractivity (Wildman–Crippen MR) is 104 cm³/mol. The van der Waals surface area contributed by atoms with Crippen LogP contribution in [-0.4, -0.2) is 21.4 Å². The van der Waals surface area contributed by atoms with Gasteiger partial charge < -0.3 is 9.88 Å². The van der Waals surface area contributed by atoms with Gasteiger partial charge in [0.25, 0.3) is 5.91 Å². The Morgan fingerprint density at radius 2 is 1.75 bits per heavy atom. The highest BCUT2D eigenvalue weighted by atomic mass is 35.5. The van der Waals surface area contributed by atoms with E-state index in [-0.39, 0.29) is 17.8 Å². The van der Waals surface area contributed by atoms with Gasteiger partial charge >= 0.3 is 6.03 Å². The molecule has 3 aromatic rings. The second-order valence-electron chi connectivity index (χ2n) is 6.25. The summed E-state index contributed by atoms with van der Waals surface area (Å²) in [6.45, 7) is -0.132. The van der Waals surface area contributed by atoms with E-state index in [0.717, 1.165) is 10.6 Å². The van der Waals surface area contributed by atoms with Crippen molar-refractivity contribution in [3.63, 3.8) is 0 Å². The lowest BCUT2D eigenvalue weighted by atomic mass is 10.2. The van der Waals surface area contributed by atoms with Gasteiger partial charge in [-0.1, -0.05) is 29.8 Å². The van der Waals surface area contributed by atoms with E-state index in [1.54, 1.807) is 36.4 Å². The van der Waals surface area contributed by atoms with E-state index >= 15 is 0 Å². The lowest BCUT2D eigenvalue weighted by Gasteiger charge is -2.12. The molecule has 0 bridgehead atoms. The number of imide groups is 1. The summed E-state index contributed by atoms with van der Waals surface area (Å²) in [7, 11) is 0. The number of halogens is 2. The minimum atomic E-state index is -0.580. The Hall–Kier alpha value is -3.38. The van der Waals surface area contributed by atoms with E-state index in [4.69, 9.17) is 11.6 Å². The topological polar surface area (TPSA) is 54.3 Å². The molecule has 140 valence electrons. The van der Waals surface area contributed by atoms with Gasteiger partial charge in [0.15, 0.2) is 0 Å². The van der Waals surface area contributed by atoms with Gasteiger partial charge in [-0.05, 0) is 48.5 Å². The largest absolute Gasteiger partial charge is 0.329 e. The first-order valence-electron chi connectivity index (χ1n) is 8.54. The number of amides is 3. The maximum absolute atomic E-state index is 13.9. The molecule has 5 nitrogen and oxygen atoms in total. The number of carbonyl (C=O) groups is 2.